The Morgan fingerprint density at radius 1 is 1.44 bits per heavy atom. The van der Waals surface area contributed by atoms with Gasteiger partial charge in [-0.05, 0) is 24.7 Å². The minimum atomic E-state index is 0.843. The van der Waals surface area contributed by atoms with Crippen LogP contribution in [0, 0.1) is 0 Å². The maximum atomic E-state index is 5.38. The van der Waals surface area contributed by atoms with E-state index >= 15 is 0 Å². The van der Waals surface area contributed by atoms with E-state index in [9.17, 15) is 0 Å². The average molecular weight is 281 g/mol. The first-order valence-electron chi connectivity index (χ1n) is 5.53. The normalized spacial score (nSPS) is 10.6. The van der Waals surface area contributed by atoms with Crippen molar-refractivity contribution >= 4 is 23.1 Å². The quantitative estimate of drug-likeness (QED) is 0.825. The Morgan fingerprint density at radius 3 is 3.00 bits per heavy atom. The summed E-state index contributed by atoms with van der Waals surface area (Å²) >= 11 is 3.24. The maximum absolute atomic E-state index is 5.38. The predicted octanol–water partition coefficient (Wildman–Crippen LogP) is 2.56. The van der Waals surface area contributed by atoms with Gasteiger partial charge in [0.1, 0.15) is 11.3 Å². The van der Waals surface area contributed by atoms with E-state index in [0.717, 1.165) is 22.4 Å². The van der Waals surface area contributed by atoms with E-state index in [1.807, 2.05) is 13.1 Å². The highest BCUT2D eigenvalue weighted by Gasteiger charge is 2.06. The minimum absolute atomic E-state index is 0.843. The van der Waals surface area contributed by atoms with E-state index in [4.69, 9.17) is 4.74 Å². The molecule has 0 saturated carbocycles. The van der Waals surface area contributed by atoms with Crippen molar-refractivity contribution in [1.82, 2.24) is 15.5 Å². The van der Waals surface area contributed by atoms with Crippen molar-refractivity contribution in [3.63, 3.8) is 0 Å². The Bertz CT molecular complexity index is 488. The largest absolute Gasteiger partial charge is 0.496 e. The molecule has 1 aromatic heterocycles. The molecule has 0 radical (unpaired) electrons. The molecule has 0 saturated heterocycles. The number of thioether (sulfide) groups is 1. The molecule has 1 heterocycles. The third-order valence-corrected chi connectivity index (χ3v) is 4.33. The fourth-order valence-electron chi connectivity index (χ4n) is 1.62. The zero-order valence-corrected chi connectivity index (χ0v) is 12.0. The second-order valence-corrected chi connectivity index (χ2v) is 5.73. The number of nitrogens with zero attached hydrogens (tertiary/aromatic N) is 2. The van der Waals surface area contributed by atoms with Crippen LogP contribution in [-0.4, -0.2) is 24.4 Å². The van der Waals surface area contributed by atoms with E-state index in [1.54, 1.807) is 35.7 Å². The number of benzene rings is 1. The highest BCUT2D eigenvalue weighted by Crippen LogP contribution is 2.29. The topological polar surface area (TPSA) is 47.0 Å². The summed E-state index contributed by atoms with van der Waals surface area (Å²) in [6.45, 7) is 0.862. The maximum Gasteiger partial charge on any atom is 0.174 e. The van der Waals surface area contributed by atoms with Gasteiger partial charge >= 0.3 is 0 Å². The smallest absolute Gasteiger partial charge is 0.174 e. The second-order valence-electron chi connectivity index (χ2n) is 3.67. The third kappa shape index (κ3) is 3.44. The van der Waals surface area contributed by atoms with Gasteiger partial charge in [-0.25, -0.2) is 0 Å². The number of rotatable bonds is 6. The van der Waals surface area contributed by atoms with Crippen LogP contribution in [0.15, 0.2) is 28.0 Å². The molecular weight excluding hydrogens is 266 g/mol. The van der Waals surface area contributed by atoms with Crippen LogP contribution in [0.4, 0.5) is 0 Å². The Balaban J connectivity index is 2.10. The number of methoxy groups -OCH3 is 1. The van der Waals surface area contributed by atoms with Gasteiger partial charge in [0.25, 0.3) is 0 Å². The minimum Gasteiger partial charge on any atom is -0.496 e. The van der Waals surface area contributed by atoms with Gasteiger partial charge in [-0.2, -0.15) is 0 Å². The van der Waals surface area contributed by atoms with Crippen LogP contribution in [-0.2, 0) is 12.3 Å². The van der Waals surface area contributed by atoms with Crippen molar-refractivity contribution < 1.29 is 4.74 Å². The van der Waals surface area contributed by atoms with Crippen LogP contribution in [0.5, 0.6) is 5.75 Å². The number of hydrogen-bond acceptors (Lipinski definition) is 6. The van der Waals surface area contributed by atoms with Gasteiger partial charge in [0.05, 0.1) is 7.11 Å². The number of aromatic nitrogens is 2. The molecule has 0 fully saturated rings. The summed E-state index contributed by atoms with van der Waals surface area (Å²) in [6.07, 6.45) is 0. The van der Waals surface area contributed by atoms with Gasteiger partial charge < -0.3 is 10.1 Å². The van der Waals surface area contributed by atoms with E-state index < -0.39 is 0 Å². The monoisotopic (exact) mass is 281 g/mol. The summed E-state index contributed by atoms with van der Waals surface area (Å²) in [6, 6.07) is 6.26. The van der Waals surface area contributed by atoms with Crippen LogP contribution in [0.1, 0.15) is 11.1 Å². The predicted molar refractivity (Wildman–Crippen MR) is 75.2 cm³/mol. The number of hydrogen-bond donors (Lipinski definition) is 1. The molecule has 1 aromatic carbocycles. The van der Waals surface area contributed by atoms with Gasteiger partial charge in [0.15, 0.2) is 4.34 Å². The molecule has 0 unspecified atom stereocenters. The van der Waals surface area contributed by atoms with E-state index in [2.05, 4.69) is 27.6 Å². The Kier molecular flexibility index (Phi) is 4.98. The van der Waals surface area contributed by atoms with E-state index in [-0.39, 0.29) is 0 Å². The molecule has 0 aliphatic rings. The molecular formula is C12H15N3OS2. The zero-order valence-electron chi connectivity index (χ0n) is 10.3. The third-order valence-electron chi connectivity index (χ3n) is 2.42. The highest BCUT2D eigenvalue weighted by atomic mass is 32.2. The van der Waals surface area contributed by atoms with E-state index in [1.165, 1.54) is 11.1 Å². The van der Waals surface area contributed by atoms with Crippen molar-refractivity contribution in [3.8, 4) is 5.75 Å². The second kappa shape index (κ2) is 6.72. The molecule has 4 nitrogen and oxygen atoms in total. The molecule has 0 spiro atoms. The SMILES string of the molecule is CNCc1ccc(OC)c(CSc2nncs2)c1. The lowest BCUT2D eigenvalue weighted by Crippen LogP contribution is -2.05. The summed E-state index contributed by atoms with van der Waals surface area (Å²) < 4.78 is 6.36. The molecule has 6 heteroatoms. The van der Waals surface area contributed by atoms with Crippen molar-refractivity contribution in [3.05, 3.63) is 34.8 Å². The zero-order chi connectivity index (χ0) is 12.8. The lowest BCUT2D eigenvalue weighted by molar-refractivity contribution is 0.411. The Hall–Kier alpha value is -1.11. The van der Waals surface area contributed by atoms with Crippen LogP contribution in [0.25, 0.3) is 0 Å². The van der Waals surface area contributed by atoms with Crippen molar-refractivity contribution in [2.45, 2.75) is 16.6 Å². The van der Waals surface area contributed by atoms with Crippen LogP contribution >= 0.6 is 23.1 Å². The summed E-state index contributed by atoms with van der Waals surface area (Å²) in [5, 5.41) is 11.0. The standard InChI is InChI=1S/C12H15N3OS2/c1-13-6-9-3-4-11(16-2)10(5-9)7-17-12-15-14-8-18-12/h3-5,8,13H,6-7H2,1-2H3. The van der Waals surface area contributed by atoms with Crippen LogP contribution < -0.4 is 10.1 Å². The fraction of sp³-hybridized carbons (Fsp3) is 0.333. The number of ether oxygens (including phenoxy) is 1. The summed E-state index contributed by atoms with van der Waals surface area (Å²) in [7, 11) is 3.64. The summed E-state index contributed by atoms with van der Waals surface area (Å²) in [5.41, 5.74) is 4.19. The molecule has 0 atom stereocenters. The summed E-state index contributed by atoms with van der Waals surface area (Å²) in [5.74, 6) is 1.77. The first kappa shape index (κ1) is 13.3. The van der Waals surface area contributed by atoms with Gasteiger partial charge in [0.2, 0.25) is 0 Å². The Morgan fingerprint density at radius 2 is 2.33 bits per heavy atom. The van der Waals surface area contributed by atoms with Gasteiger partial charge in [-0.3, -0.25) is 0 Å². The van der Waals surface area contributed by atoms with E-state index in [0.29, 0.717) is 0 Å². The fourth-order valence-corrected chi connectivity index (χ4v) is 3.09. The highest BCUT2D eigenvalue weighted by molar-refractivity contribution is 8.00. The molecule has 18 heavy (non-hydrogen) atoms. The first-order valence-corrected chi connectivity index (χ1v) is 7.39. The molecule has 0 bridgehead atoms. The van der Waals surface area contributed by atoms with Crippen LogP contribution in [0.2, 0.25) is 0 Å². The van der Waals surface area contributed by atoms with Gasteiger partial charge in [-0.1, -0.05) is 29.2 Å². The first-order chi connectivity index (χ1) is 8.83. The summed E-state index contributed by atoms with van der Waals surface area (Å²) in [4.78, 5) is 0. The van der Waals surface area contributed by atoms with Crippen molar-refractivity contribution in [2.75, 3.05) is 14.2 Å². The van der Waals surface area contributed by atoms with Crippen LogP contribution in [0.3, 0.4) is 0 Å². The molecule has 1 N–H and O–H groups in total. The van der Waals surface area contributed by atoms with Crippen molar-refractivity contribution in [2.24, 2.45) is 0 Å². The Labute approximate surface area is 115 Å². The van der Waals surface area contributed by atoms with Crippen molar-refractivity contribution in [1.29, 1.82) is 0 Å². The number of nitrogens with one attached hydrogen (secondary N) is 1. The molecule has 0 aliphatic carbocycles. The lowest BCUT2D eigenvalue weighted by atomic mass is 10.1. The average Bonchev–Trinajstić information content (AvgIpc) is 2.90. The van der Waals surface area contributed by atoms with Gasteiger partial charge in [-0.15, -0.1) is 10.2 Å². The van der Waals surface area contributed by atoms with Gasteiger partial charge in [0, 0.05) is 17.9 Å². The molecule has 0 amide bonds. The molecule has 2 rings (SSSR count). The molecule has 2 aromatic rings. The molecule has 0 aliphatic heterocycles. The lowest BCUT2D eigenvalue weighted by Gasteiger charge is -2.09. The molecule has 96 valence electrons.